The van der Waals surface area contributed by atoms with Gasteiger partial charge in [-0.3, -0.25) is 0 Å². The fraction of sp³-hybridized carbons (Fsp3) is 0.500. The van der Waals surface area contributed by atoms with E-state index in [1.165, 1.54) is 0 Å². The van der Waals surface area contributed by atoms with E-state index >= 15 is 0 Å². The minimum atomic E-state index is -0.0889. The van der Waals surface area contributed by atoms with E-state index in [1.807, 2.05) is 12.1 Å². The first-order valence-corrected chi connectivity index (χ1v) is 5.50. The van der Waals surface area contributed by atoms with Crippen molar-refractivity contribution in [3.05, 3.63) is 28.8 Å². The van der Waals surface area contributed by atoms with Crippen LogP contribution in [0.15, 0.2) is 18.2 Å². The normalized spacial score (nSPS) is 11.7. The summed E-state index contributed by atoms with van der Waals surface area (Å²) in [6.45, 7) is 6.83. The van der Waals surface area contributed by atoms with Gasteiger partial charge in [0.15, 0.2) is 0 Å². The molecule has 1 aromatic carbocycles. The summed E-state index contributed by atoms with van der Waals surface area (Å²) in [5, 5.41) is 0.591. The van der Waals surface area contributed by atoms with Crippen molar-refractivity contribution in [3.8, 4) is 0 Å². The fourth-order valence-electron chi connectivity index (χ4n) is 1.06. The second-order valence-electron chi connectivity index (χ2n) is 4.26. The first kappa shape index (κ1) is 12.3. The predicted octanol–water partition coefficient (Wildman–Crippen LogP) is 3.63. The molecule has 1 rings (SSSR count). The van der Waals surface area contributed by atoms with Crippen LogP contribution in [0.25, 0.3) is 0 Å². The van der Waals surface area contributed by atoms with E-state index in [1.54, 1.807) is 6.07 Å². The second kappa shape index (κ2) is 4.86. The van der Waals surface area contributed by atoms with E-state index in [4.69, 9.17) is 22.1 Å². The van der Waals surface area contributed by atoms with E-state index in [-0.39, 0.29) is 5.60 Å². The van der Waals surface area contributed by atoms with Gasteiger partial charge in [0, 0.05) is 0 Å². The molecule has 0 aliphatic rings. The van der Waals surface area contributed by atoms with Crippen LogP contribution in [0.2, 0.25) is 5.02 Å². The Morgan fingerprint density at radius 1 is 1.40 bits per heavy atom. The summed E-state index contributed by atoms with van der Waals surface area (Å²) in [6.07, 6.45) is 0.982. The number of nitrogens with two attached hydrogens (primary N) is 1. The molecular weight excluding hydrogens is 210 g/mol. The van der Waals surface area contributed by atoms with Crippen LogP contribution in [-0.2, 0) is 11.3 Å². The summed E-state index contributed by atoms with van der Waals surface area (Å²) in [5.41, 5.74) is 7.27. The molecule has 0 aromatic heterocycles. The number of ether oxygens (including phenoxy) is 1. The molecular formula is C12H18ClNO. The van der Waals surface area contributed by atoms with Gasteiger partial charge in [-0.15, -0.1) is 0 Å². The zero-order valence-electron chi connectivity index (χ0n) is 9.51. The third-order valence-electron chi connectivity index (χ3n) is 2.54. The van der Waals surface area contributed by atoms with Gasteiger partial charge < -0.3 is 10.5 Å². The molecule has 84 valence electrons. The number of rotatable bonds is 4. The van der Waals surface area contributed by atoms with Crippen molar-refractivity contribution in [2.45, 2.75) is 39.4 Å². The topological polar surface area (TPSA) is 35.2 Å². The lowest BCUT2D eigenvalue weighted by Gasteiger charge is -2.23. The van der Waals surface area contributed by atoms with Crippen LogP contribution >= 0.6 is 11.6 Å². The van der Waals surface area contributed by atoms with Crippen LogP contribution in [-0.4, -0.2) is 5.60 Å². The minimum Gasteiger partial charge on any atom is -0.398 e. The number of halogens is 1. The molecule has 1 aromatic rings. The Morgan fingerprint density at radius 2 is 2.07 bits per heavy atom. The molecule has 0 amide bonds. The lowest BCUT2D eigenvalue weighted by atomic mass is 10.1. The van der Waals surface area contributed by atoms with Gasteiger partial charge in [0.25, 0.3) is 0 Å². The molecule has 0 aliphatic carbocycles. The molecule has 0 saturated heterocycles. The van der Waals surface area contributed by atoms with E-state index in [0.29, 0.717) is 17.3 Å². The van der Waals surface area contributed by atoms with Gasteiger partial charge in [-0.1, -0.05) is 24.6 Å². The Kier molecular flexibility index (Phi) is 4.00. The molecule has 2 N–H and O–H groups in total. The highest BCUT2D eigenvalue weighted by molar-refractivity contribution is 6.33. The standard InChI is InChI=1S/C12H18ClNO/c1-4-12(2,3)15-8-9-5-6-10(13)11(14)7-9/h5-7H,4,8,14H2,1-3H3. The van der Waals surface area contributed by atoms with Gasteiger partial charge in [0.05, 0.1) is 22.9 Å². The summed E-state index contributed by atoms with van der Waals surface area (Å²) in [4.78, 5) is 0. The number of anilines is 1. The molecule has 0 bridgehead atoms. The molecule has 0 radical (unpaired) electrons. The molecule has 0 aliphatic heterocycles. The van der Waals surface area contributed by atoms with Crippen molar-refractivity contribution in [1.29, 1.82) is 0 Å². The largest absolute Gasteiger partial charge is 0.398 e. The lowest BCUT2D eigenvalue weighted by molar-refractivity contribution is -0.0316. The van der Waals surface area contributed by atoms with Gasteiger partial charge in [0.2, 0.25) is 0 Å². The van der Waals surface area contributed by atoms with E-state index in [2.05, 4.69) is 20.8 Å². The van der Waals surface area contributed by atoms with Gasteiger partial charge in [0.1, 0.15) is 0 Å². The molecule has 0 atom stereocenters. The van der Waals surface area contributed by atoms with Gasteiger partial charge in [-0.25, -0.2) is 0 Å². The Balaban J connectivity index is 2.62. The Labute approximate surface area is 96.4 Å². The number of hydrogen-bond acceptors (Lipinski definition) is 2. The van der Waals surface area contributed by atoms with Gasteiger partial charge >= 0.3 is 0 Å². The molecule has 3 heteroatoms. The predicted molar refractivity (Wildman–Crippen MR) is 65.0 cm³/mol. The van der Waals surface area contributed by atoms with Crippen LogP contribution < -0.4 is 5.73 Å². The van der Waals surface area contributed by atoms with Crippen molar-refractivity contribution in [1.82, 2.24) is 0 Å². The number of hydrogen-bond donors (Lipinski definition) is 1. The molecule has 2 nitrogen and oxygen atoms in total. The first-order valence-electron chi connectivity index (χ1n) is 5.12. The molecule has 0 unspecified atom stereocenters. The van der Waals surface area contributed by atoms with Crippen molar-refractivity contribution in [2.24, 2.45) is 0 Å². The second-order valence-corrected chi connectivity index (χ2v) is 4.66. The highest BCUT2D eigenvalue weighted by atomic mass is 35.5. The highest BCUT2D eigenvalue weighted by Crippen LogP contribution is 2.22. The Hall–Kier alpha value is -0.730. The third-order valence-corrected chi connectivity index (χ3v) is 2.89. The SMILES string of the molecule is CCC(C)(C)OCc1ccc(Cl)c(N)c1. The maximum atomic E-state index is 5.83. The average Bonchev–Trinajstić information content (AvgIpc) is 2.20. The lowest BCUT2D eigenvalue weighted by Crippen LogP contribution is -2.22. The van der Waals surface area contributed by atoms with Crippen LogP contribution in [0.1, 0.15) is 32.8 Å². The van der Waals surface area contributed by atoms with Crippen LogP contribution in [0.5, 0.6) is 0 Å². The summed E-state index contributed by atoms with van der Waals surface area (Å²) < 4.78 is 5.76. The molecule has 0 fully saturated rings. The molecule has 15 heavy (non-hydrogen) atoms. The maximum Gasteiger partial charge on any atom is 0.0724 e. The number of benzene rings is 1. The van der Waals surface area contributed by atoms with Crippen LogP contribution in [0, 0.1) is 0 Å². The molecule has 0 saturated carbocycles. The molecule has 0 heterocycles. The summed E-state index contributed by atoms with van der Waals surface area (Å²) >= 11 is 5.83. The first-order chi connectivity index (χ1) is 6.94. The highest BCUT2D eigenvalue weighted by Gasteiger charge is 2.15. The summed E-state index contributed by atoms with van der Waals surface area (Å²) in [6, 6.07) is 5.59. The Morgan fingerprint density at radius 3 is 2.60 bits per heavy atom. The van der Waals surface area contributed by atoms with Gasteiger partial charge in [-0.2, -0.15) is 0 Å². The smallest absolute Gasteiger partial charge is 0.0724 e. The monoisotopic (exact) mass is 227 g/mol. The van der Waals surface area contributed by atoms with Crippen LogP contribution in [0.4, 0.5) is 5.69 Å². The van der Waals surface area contributed by atoms with Crippen molar-refractivity contribution in [2.75, 3.05) is 5.73 Å². The quantitative estimate of drug-likeness (QED) is 0.798. The zero-order valence-corrected chi connectivity index (χ0v) is 10.3. The minimum absolute atomic E-state index is 0.0889. The van der Waals surface area contributed by atoms with Crippen molar-refractivity contribution < 1.29 is 4.74 Å². The fourth-order valence-corrected chi connectivity index (χ4v) is 1.18. The van der Waals surface area contributed by atoms with E-state index in [9.17, 15) is 0 Å². The third kappa shape index (κ3) is 3.73. The van der Waals surface area contributed by atoms with E-state index < -0.39 is 0 Å². The summed E-state index contributed by atoms with van der Waals surface area (Å²) in [7, 11) is 0. The van der Waals surface area contributed by atoms with Crippen LogP contribution in [0.3, 0.4) is 0 Å². The van der Waals surface area contributed by atoms with Crippen molar-refractivity contribution >= 4 is 17.3 Å². The Bertz CT molecular complexity index is 336. The summed E-state index contributed by atoms with van der Waals surface area (Å²) in [5.74, 6) is 0. The average molecular weight is 228 g/mol. The molecule has 0 spiro atoms. The van der Waals surface area contributed by atoms with Gasteiger partial charge in [-0.05, 0) is 38.0 Å². The van der Waals surface area contributed by atoms with Crippen molar-refractivity contribution in [3.63, 3.8) is 0 Å². The number of nitrogen functional groups attached to an aromatic ring is 1. The zero-order chi connectivity index (χ0) is 11.5. The van der Waals surface area contributed by atoms with E-state index in [0.717, 1.165) is 12.0 Å². The maximum absolute atomic E-state index is 5.83.